The predicted octanol–water partition coefficient (Wildman–Crippen LogP) is 1.06. The van der Waals surface area contributed by atoms with Crippen molar-refractivity contribution in [3.63, 3.8) is 0 Å². The lowest BCUT2D eigenvalue weighted by atomic mass is 10.2. The van der Waals surface area contributed by atoms with E-state index in [1.54, 1.807) is 18.7 Å². The fraction of sp³-hybridized carbons (Fsp3) is 0.667. The molecule has 0 N–H and O–H groups in total. The zero-order valence-electron chi connectivity index (χ0n) is 8.36. The quantitative estimate of drug-likeness (QED) is 0.672. The molecule has 0 radical (unpaired) electrons. The van der Waals surface area contributed by atoms with Gasteiger partial charge in [-0.05, 0) is 19.8 Å². The van der Waals surface area contributed by atoms with Crippen molar-refractivity contribution in [2.45, 2.75) is 32.7 Å². The summed E-state index contributed by atoms with van der Waals surface area (Å²) in [7, 11) is 0. The molecular formula is C9H13N3O2. The van der Waals surface area contributed by atoms with Crippen molar-refractivity contribution in [2.24, 2.45) is 0 Å². The van der Waals surface area contributed by atoms with Crippen LogP contribution < -0.4 is 0 Å². The lowest BCUT2D eigenvalue weighted by Gasteiger charge is -2.19. The molecule has 1 aliphatic heterocycles. The molecule has 2 rings (SSSR count). The van der Waals surface area contributed by atoms with Gasteiger partial charge in [0.2, 0.25) is 11.8 Å². The fourth-order valence-electron chi connectivity index (χ4n) is 1.85. The van der Waals surface area contributed by atoms with Gasteiger partial charge < -0.3 is 9.42 Å². The number of hydrogen-bond donors (Lipinski definition) is 0. The first-order valence-electron chi connectivity index (χ1n) is 4.76. The molecule has 0 aromatic carbocycles. The molecule has 1 aromatic rings. The van der Waals surface area contributed by atoms with Gasteiger partial charge in [-0.1, -0.05) is 5.16 Å². The molecule has 0 bridgehead atoms. The van der Waals surface area contributed by atoms with E-state index in [1.165, 1.54) is 0 Å². The Balaban J connectivity index is 2.21. The van der Waals surface area contributed by atoms with Crippen LogP contribution in [0.15, 0.2) is 4.52 Å². The zero-order chi connectivity index (χ0) is 10.1. The topological polar surface area (TPSA) is 59.2 Å². The highest BCUT2D eigenvalue weighted by molar-refractivity contribution is 5.73. The molecule has 0 saturated carbocycles. The van der Waals surface area contributed by atoms with Crippen molar-refractivity contribution in [3.05, 3.63) is 11.7 Å². The van der Waals surface area contributed by atoms with E-state index in [-0.39, 0.29) is 11.9 Å². The van der Waals surface area contributed by atoms with Gasteiger partial charge in [-0.15, -0.1) is 0 Å². The van der Waals surface area contributed by atoms with Crippen LogP contribution in [0.5, 0.6) is 0 Å². The maximum absolute atomic E-state index is 11.3. The number of rotatable bonds is 1. The van der Waals surface area contributed by atoms with Crippen molar-refractivity contribution < 1.29 is 9.32 Å². The largest absolute Gasteiger partial charge is 0.337 e. The van der Waals surface area contributed by atoms with Crippen LogP contribution in [0.4, 0.5) is 0 Å². The number of aryl methyl sites for hydroxylation is 1. The molecule has 1 aromatic heterocycles. The highest BCUT2D eigenvalue weighted by atomic mass is 16.5. The van der Waals surface area contributed by atoms with Crippen LogP contribution in [-0.4, -0.2) is 27.5 Å². The van der Waals surface area contributed by atoms with E-state index in [0.717, 1.165) is 19.4 Å². The number of amides is 1. The highest BCUT2D eigenvalue weighted by Gasteiger charge is 2.31. The zero-order valence-corrected chi connectivity index (χ0v) is 8.36. The average Bonchev–Trinajstić information content (AvgIpc) is 2.70. The average molecular weight is 195 g/mol. The summed E-state index contributed by atoms with van der Waals surface area (Å²) in [5.41, 5.74) is 0. The first-order chi connectivity index (χ1) is 6.68. The van der Waals surface area contributed by atoms with E-state index in [1.807, 2.05) is 0 Å². The van der Waals surface area contributed by atoms with Crippen LogP contribution in [0.3, 0.4) is 0 Å². The van der Waals surface area contributed by atoms with Crippen LogP contribution in [0.2, 0.25) is 0 Å². The maximum atomic E-state index is 11.3. The van der Waals surface area contributed by atoms with Crippen molar-refractivity contribution >= 4 is 5.91 Å². The van der Waals surface area contributed by atoms with Crippen molar-refractivity contribution in [1.29, 1.82) is 0 Å². The Morgan fingerprint density at radius 1 is 1.64 bits per heavy atom. The Morgan fingerprint density at radius 3 is 3.00 bits per heavy atom. The summed E-state index contributed by atoms with van der Waals surface area (Å²) in [6, 6.07) is -0.00583. The molecular weight excluding hydrogens is 182 g/mol. The van der Waals surface area contributed by atoms with Gasteiger partial charge in [0, 0.05) is 13.5 Å². The first kappa shape index (κ1) is 9.18. The predicted molar refractivity (Wildman–Crippen MR) is 48.4 cm³/mol. The number of carbonyl (C=O) groups excluding carboxylic acids is 1. The molecule has 1 fully saturated rings. The lowest BCUT2D eigenvalue weighted by molar-refractivity contribution is -0.130. The summed E-state index contributed by atoms with van der Waals surface area (Å²) in [4.78, 5) is 17.2. The Morgan fingerprint density at radius 2 is 2.43 bits per heavy atom. The fourth-order valence-corrected chi connectivity index (χ4v) is 1.85. The maximum Gasteiger partial charge on any atom is 0.249 e. The summed E-state index contributed by atoms with van der Waals surface area (Å²) in [6.07, 6.45) is 1.92. The Labute approximate surface area is 82.1 Å². The number of aromatic nitrogens is 2. The molecule has 1 saturated heterocycles. The van der Waals surface area contributed by atoms with Crippen molar-refractivity contribution in [3.8, 4) is 0 Å². The molecule has 1 amide bonds. The standard InChI is InChI=1S/C9H13N3O2/c1-6-10-9(14-11-6)8-4-3-5-12(8)7(2)13/h8H,3-5H2,1-2H3/t8-/m0/s1. The molecule has 1 aliphatic rings. The molecule has 0 spiro atoms. The Kier molecular flexibility index (Phi) is 2.23. The van der Waals surface area contributed by atoms with Gasteiger partial charge in [-0.3, -0.25) is 4.79 Å². The van der Waals surface area contributed by atoms with E-state index in [2.05, 4.69) is 10.1 Å². The van der Waals surface area contributed by atoms with E-state index in [9.17, 15) is 4.79 Å². The molecule has 1 atom stereocenters. The second kappa shape index (κ2) is 3.40. The second-order valence-corrected chi connectivity index (χ2v) is 3.55. The van der Waals surface area contributed by atoms with Crippen molar-refractivity contribution in [2.75, 3.05) is 6.54 Å². The van der Waals surface area contributed by atoms with Gasteiger partial charge >= 0.3 is 0 Å². The summed E-state index contributed by atoms with van der Waals surface area (Å²) in [5.74, 6) is 1.26. The molecule has 76 valence electrons. The summed E-state index contributed by atoms with van der Waals surface area (Å²) in [6.45, 7) is 4.14. The normalized spacial score (nSPS) is 21.6. The third kappa shape index (κ3) is 1.49. The van der Waals surface area contributed by atoms with Crippen LogP contribution >= 0.6 is 0 Å². The molecule has 2 heterocycles. The Bertz CT molecular complexity index is 348. The molecule has 0 unspecified atom stereocenters. The number of nitrogens with zero attached hydrogens (tertiary/aromatic N) is 3. The molecule has 14 heavy (non-hydrogen) atoms. The smallest absolute Gasteiger partial charge is 0.249 e. The third-order valence-corrected chi connectivity index (χ3v) is 2.49. The minimum Gasteiger partial charge on any atom is -0.337 e. The monoisotopic (exact) mass is 195 g/mol. The molecule has 5 nitrogen and oxygen atoms in total. The van der Waals surface area contributed by atoms with E-state index in [4.69, 9.17) is 4.52 Å². The van der Waals surface area contributed by atoms with E-state index >= 15 is 0 Å². The van der Waals surface area contributed by atoms with E-state index in [0.29, 0.717) is 11.7 Å². The summed E-state index contributed by atoms with van der Waals surface area (Å²) < 4.78 is 5.07. The minimum absolute atomic E-state index is 0.00583. The highest BCUT2D eigenvalue weighted by Crippen LogP contribution is 2.30. The second-order valence-electron chi connectivity index (χ2n) is 3.55. The molecule has 5 heteroatoms. The summed E-state index contributed by atoms with van der Waals surface area (Å²) >= 11 is 0. The van der Waals surface area contributed by atoms with Crippen LogP contribution in [0, 0.1) is 6.92 Å². The number of carbonyl (C=O) groups is 1. The van der Waals surface area contributed by atoms with Gasteiger partial charge in [0.1, 0.15) is 6.04 Å². The Hall–Kier alpha value is -1.39. The van der Waals surface area contributed by atoms with Crippen LogP contribution in [0.1, 0.15) is 37.5 Å². The van der Waals surface area contributed by atoms with Crippen LogP contribution in [0.25, 0.3) is 0 Å². The van der Waals surface area contributed by atoms with Gasteiger partial charge in [-0.2, -0.15) is 4.98 Å². The van der Waals surface area contributed by atoms with Gasteiger partial charge in [0.25, 0.3) is 0 Å². The van der Waals surface area contributed by atoms with Crippen molar-refractivity contribution in [1.82, 2.24) is 15.0 Å². The lowest BCUT2D eigenvalue weighted by Crippen LogP contribution is -2.28. The van der Waals surface area contributed by atoms with Crippen LogP contribution in [-0.2, 0) is 4.79 Å². The SMILES string of the molecule is CC(=O)N1CCC[C@H]1c1nc(C)no1. The number of hydrogen-bond acceptors (Lipinski definition) is 4. The van der Waals surface area contributed by atoms with Gasteiger partial charge in [-0.25, -0.2) is 0 Å². The van der Waals surface area contributed by atoms with E-state index < -0.39 is 0 Å². The first-order valence-corrected chi connectivity index (χ1v) is 4.76. The van der Waals surface area contributed by atoms with Gasteiger partial charge in [0.05, 0.1) is 0 Å². The van der Waals surface area contributed by atoms with Gasteiger partial charge in [0.15, 0.2) is 5.82 Å². The summed E-state index contributed by atoms with van der Waals surface area (Å²) in [5, 5.41) is 3.73. The number of likely N-dealkylation sites (tertiary alicyclic amines) is 1. The third-order valence-electron chi connectivity index (χ3n) is 2.49. The minimum atomic E-state index is -0.00583. The molecule has 0 aliphatic carbocycles.